The van der Waals surface area contributed by atoms with Crippen molar-refractivity contribution in [2.24, 2.45) is 14.1 Å². The van der Waals surface area contributed by atoms with Crippen LogP contribution in [-0.2, 0) is 20.5 Å². The van der Waals surface area contributed by atoms with E-state index in [2.05, 4.69) is 28.9 Å². The second-order valence-corrected chi connectivity index (χ2v) is 6.40. The Bertz CT molecular complexity index is 1080. The molecule has 0 aliphatic heterocycles. The molecule has 25 heavy (non-hydrogen) atoms. The van der Waals surface area contributed by atoms with Crippen molar-refractivity contribution in [3.63, 3.8) is 0 Å². The van der Waals surface area contributed by atoms with Crippen molar-refractivity contribution in [2.75, 3.05) is 5.32 Å². The Morgan fingerprint density at radius 1 is 0.960 bits per heavy atom. The highest BCUT2D eigenvalue weighted by Crippen LogP contribution is 2.30. The highest BCUT2D eigenvalue weighted by Gasteiger charge is 2.18. The van der Waals surface area contributed by atoms with E-state index in [-0.39, 0.29) is 5.91 Å². The lowest BCUT2D eigenvalue weighted by atomic mass is 10.1. The molecule has 0 radical (unpaired) electrons. The average Bonchev–Trinajstić information content (AvgIpc) is 3.12. The molecule has 4 nitrogen and oxygen atoms in total. The first-order valence-corrected chi connectivity index (χ1v) is 8.53. The number of nitrogens with one attached hydrogen (secondary N) is 1. The number of anilines is 1. The van der Waals surface area contributed by atoms with Crippen LogP contribution < -0.4 is 5.32 Å². The van der Waals surface area contributed by atoms with Gasteiger partial charge in [-0.1, -0.05) is 37.3 Å². The summed E-state index contributed by atoms with van der Waals surface area (Å²) in [6, 6.07) is 18.2. The van der Waals surface area contributed by atoms with Crippen LogP contribution in [0.5, 0.6) is 0 Å². The molecule has 126 valence electrons. The van der Waals surface area contributed by atoms with Gasteiger partial charge in [-0.15, -0.1) is 0 Å². The third kappa shape index (κ3) is 2.41. The molecule has 4 rings (SSSR count). The number of fused-ring (bicyclic) bond motifs is 3. The molecule has 0 unspecified atom stereocenters. The lowest BCUT2D eigenvalue weighted by molar-refractivity contribution is 0.102. The molecule has 4 aromatic rings. The fourth-order valence-electron chi connectivity index (χ4n) is 3.49. The minimum Gasteiger partial charge on any atom is -0.342 e. The number of carbonyl (C=O) groups excluding carboxylic acids is 1. The number of hydrogen-bond donors (Lipinski definition) is 1. The maximum Gasteiger partial charge on any atom is 0.272 e. The second kappa shape index (κ2) is 5.81. The number of rotatable bonds is 3. The van der Waals surface area contributed by atoms with Crippen molar-refractivity contribution >= 4 is 33.5 Å². The summed E-state index contributed by atoms with van der Waals surface area (Å²) < 4.78 is 4.12. The number of amides is 1. The van der Waals surface area contributed by atoms with Gasteiger partial charge in [0, 0.05) is 25.2 Å². The highest BCUT2D eigenvalue weighted by atomic mass is 16.1. The normalized spacial score (nSPS) is 11.3. The SMILES string of the molecule is CCc1ccc(NC(=O)c2cc3c(c4ccccc4n3C)n2C)cc1. The number of para-hydroxylation sites is 1. The Hall–Kier alpha value is -3.01. The molecule has 0 aliphatic carbocycles. The molecular formula is C21H21N3O. The first kappa shape index (κ1) is 15.5. The lowest BCUT2D eigenvalue weighted by Gasteiger charge is -2.07. The lowest BCUT2D eigenvalue weighted by Crippen LogP contribution is -2.15. The predicted molar refractivity (Wildman–Crippen MR) is 103 cm³/mol. The fraction of sp³-hybridized carbons (Fsp3) is 0.190. The van der Waals surface area contributed by atoms with Gasteiger partial charge >= 0.3 is 0 Å². The van der Waals surface area contributed by atoms with Crippen LogP contribution in [0.1, 0.15) is 23.0 Å². The smallest absolute Gasteiger partial charge is 0.272 e. The van der Waals surface area contributed by atoms with Gasteiger partial charge in [-0.25, -0.2) is 0 Å². The van der Waals surface area contributed by atoms with Gasteiger partial charge in [0.05, 0.1) is 16.6 Å². The molecule has 0 aliphatic rings. The van der Waals surface area contributed by atoms with Crippen molar-refractivity contribution in [1.82, 2.24) is 9.13 Å². The zero-order valence-electron chi connectivity index (χ0n) is 14.7. The van der Waals surface area contributed by atoms with Gasteiger partial charge < -0.3 is 14.5 Å². The van der Waals surface area contributed by atoms with Crippen molar-refractivity contribution in [2.45, 2.75) is 13.3 Å². The van der Waals surface area contributed by atoms with Crippen LogP contribution in [0.3, 0.4) is 0 Å². The summed E-state index contributed by atoms with van der Waals surface area (Å²) >= 11 is 0. The van der Waals surface area contributed by atoms with Crippen LogP contribution in [0.25, 0.3) is 21.9 Å². The van der Waals surface area contributed by atoms with Crippen LogP contribution in [0.15, 0.2) is 54.6 Å². The molecular weight excluding hydrogens is 310 g/mol. The molecule has 0 bridgehead atoms. The van der Waals surface area contributed by atoms with Gasteiger partial charge in [0.1, 0.15) is 5.69 Å². The van der Waals surface area contributed by atoms with Gasteiger partial charge in [0.15, 0.2) is 0 Å². The van der Waals surface area contributed by atoms with E-state index in [1.54, 1.807) is 0 Å². The van der Waals surface area contributed by atoms with E-state index in [1.165, 1.54) is 11.1 Å². The van der Waals surface area contributed by atoms with Crippen LogP contribution in [-0.4, -0.2) is 15.0 Å². The largest absolute Gasteiger partial charge is 0.342 e. The van der Waals surface area contributed by atoms with E-state index in [0.717, 1.165) is 28.5 Å². The summed E-state index contributed by atoms with van der Waals surface area (Å²) in [7, 11) is 3.99. The van der Waals surface area contributed by atoms with E-state index in [1.807, 2.05) is 61.1 Å². The van der Waals surface area contributed by atoms with E-state index in [0.29, 0.717) is 5.69 Å². The van der Waals surface area contributed by atoms with E-state index < -0.39 is 0 Å². The molecule has 2 aromatic carbocycles. The molecule has 0 fully saturated rings. The molecule has 0 saturated heterocycles. The predicted octanol–water partition coefficient (Wildman–Crippen LogP) is 4.48. The Kier molecular flexibility index (Phi) is 3.61. The van der Waals surface area contributed by atoms with Gasteiger partial charge in [-0.3, -0.25) is 4.79 Å². The number of aromatic nitrogens is 2. The van der Waals surface area contributed by atoms with Gasteiger partial charge in [0.2, 0.25) is 0 Å². The topological polar surface area (TPSA) is 39.0 Å². The average molecular weight is 331 g/mol. The van der Waals surface area contributed by atoms with Crippen LogP contribution in [0.2, 0.25) is 0 Å². The molecule has 1 N–H and O–H groups in total. The van der Waals surface area contributed by atoms with E-state index in [4.69, 9.17) is 0 Å². The molecule has 2 heterocycles. The zero-order chi connectivity index (χ0) is 17.6. The van der Waals surface area contributed by atoms with E-state index in [9.17, 15) is 4.79 Å². The quantitative estimate of drug-likeness (QED) is 0.590. The standard InChI is InChI=1S/C21H21N3O/c1-4-14-9-11-15(12-10-14)22-21(25)19-13-18-20(24(19)3)16-7-5-6-8-17(16)23(18)2/h5-13H,4H2,1-3H3,(H,22,25). The summed E-state index contributed by atoms with van der Waals surface area (Å²) in [6.07, 6.45) is 0.991. The monoisotopic (exact) mass is 331 g/mol. The maximum absolute atomic E-state index is 12.8. The number of carbonyl (C=O) groups is 1. The van der Waals surface area contributed by atoms with Crippen molar-refractivity contribution in [1.29, 1.82) is 0 Å². The fourth-order valence-corrected chi connectivity index (χ4v) is 3.49. The molecule has 2 aromatic heterocycles. The van der Waals surface area contributed by atoms with Gasteiger partial charge in [-0.2, -0.15) is 0 Å². The first-order chi connectivity index (χ1) is 12.1. The van der Waals surface area contributed by atoms with Crippen molar-refractivity contribution in [3.05, 3.63) is 65.9 Å². The summed E-state index contributed by atoms with van der Waals surface area (Å²) in [4.78, 5) is 12.8. The molecule has 4 heteroatoms. The second-order valence-electron chi connectivity index (χ2n) is 6.40. The summed E-state index contributed by atoms with van der Waals surface area (Å²) in [5.74, 6) is -0.0907. The van der Waals surface area contributed by atoms with E-state index >= 15 is 0 Å². The first-order valence-electron chi connectivity index (χ1n) is 8.53. The van der Waals surface area contributed by atoms with Crippen molar-refractivity contribution in [3.8, 4) is 0 Å². The Morgan fingerprint density at radius 3 is 2.40 bits per heavy atom. The van der Waals surface area contributed by atoms with Crippen LogP contribution in [0, 0.1) is 0 Å². The molecule has 0 atom stereocenters. The number of hydrogen-bond acceptors (Lipinski definition) is 1. The van der Waals surface area contributed by atoms with Crippen molar-refractivity contribution < 1.29 is 4.79 Å². The minimum atomic E-state index is -0.0907. The summed E-state index contributed by atoms with van der Waals surface area (Å²) in [5.41, 5.74) is 6.06. The third-order valence-electron chi connectivity index (χ3n) is 4.95. The Labute approximate surface area is 146 Å². The number of aryl methyl sites for hydroxylation is 3. The molecule has 1 amide bonds. The van der Waals surface area contributed by atoms with Crippen LogP contribution in [0.4, 0.5) is 5.69 Å². The third-order valence-corrected chi connectivity index (χ3v) is 4.95. The molecule has 0 saturated carbocycles. The number of benzene rings is 2. The summed E-state index contributed by atoms with van der Waals surface area (Å²) in [6.45, 7) is 2.12. The highest BCUT2D eigenvalue weighted by molar-refractivity contribution is 6.12. The summed E-state index contributed by atoms with van der Waals surface area (Å²) in [5, 5.41) is 4.16. The van der Waals surface area contributed by atoms with Gasteiger partial charge in [-0.05, 0) is 36.2 Å². The Morgan fingerprint density at radius 2 is 1.68 bits per heavy atom. The van der Waals surface area contributed by atoms with Gasteiger partial charge in [0.25, 0.3) is 5.91 Å². The Balaban J connectivity index is 1.74. The molecule has 0 spiro atoms. The minimum absolute atomic E-state index is 0.0907. The number of nitrogens with zero attached hydrogens (tertiary/aromatic N) is 2. The zero-order valence-corrected chi connectivity index (χ0v) is 14.7. The van der Waals surface area contributed by atoms with Crippen LogP contribution >= 0.6 is 0 Å². The maximum atomic E-state index is 12.8.